The Morgan fingerprint density at radius 3 is 2.36 bits per heavy atom. The minimum atomic E-state index is -0.735. The van der Waals surface area contributed by atoms with Gasteiger partial charge in [-0.2, -0.15) is 5.48 Å². The number of rotatable bonds is 5. The summed E-state index contributed by atoms with van der Waals surface area (Å²) in [6, 6.07) is 5.07. The lowest BCUT2D eigenvalue weighted by Crippen LogP contribution is -2.27. The van der Waals surface area contributed by atoms with Crippen LogP contribution in [0.25, 0.3) is 0 Å². The van der Waals surface area contributed by atoms with Gasteiger partial charge in [-0.1, -0.05) is 0 Å². The van der Waals surface area contributed by atoms with Gasteiger partial charge in [-0.05, 0) is 32.9 Å². The Morgan fingerprint density at radius 2 is 1.86 bits per heavy atom. The molecule has 0 saturated carbocycles. The van der Waals surface area contributed by atoms with Crippen LogP contribution < -0.4 is 10.8 Å². The van der Waals surface area contributed by atoms with Crippen molar-refractivity contribution >= 4 is 17.6 Å². The molecule has 1 aromatic carbocycles. The van der Waals surface area contributed by atoms with E-state index in [-0.39, 0.29) is 17.3 Å². The molecule has 0 unspecified atom stereocenters. The van der Waals surface area contributed by atoms with Crippen LogP contribution in [-0.2, 0) is 9.63 Å². The van der Waals surface area contributed by atoms with Crippen LogP contribution in [0.5, 0.6) is 0 Å². The van der Waals surface area contributed by atoms with Gasteiger partial charge >= 0.3 is 5.97 Å². The Morgan fingerprint density at radius 1 is 1.27 bits per heavy atom. The van der Waals surface area contributed by atoms with Crippen molar-refractivity contribution in [2.24, 2.45) is 0 Å². The van der Waals surface area contributed by atoms with Gasteiger partial charge in [0.2, 0.25) is 0 Å². The lowest BCUT2D eigenvalue weighted by Gasteiger charge is -2.09. The maximum atomic E-state index is 11.7. The average molecular weight is 307 g/mol. The summed E-state index contributed by atoms with van der Waals surface area (Å²) < 4.78 is 0. The van der Waals surface area contributed by atoms with Gasteiger partial charge in [-0.3, -0.25) is 14.9 Å². The fourth-order valence-corrected chi connectivity index (χ4v) is 1.59. The molecule has 22 heavy (non-hydrogen) atoms. The highest BCUT2D eigenvalue weighted by molar-refractivity contribution is 5.95. The highest BCUT2D eigenvalue weighted by Crippen LogP contribution is 2.11. The predicted molar refractivity (Wildman–Crippen MR) is 78.7 cm³/mol. The molecule has 2 N–H and O–H groups in total. The number of carbonyl (C=O) groups is 2. The number of benzene rings is 1. The number of amides is 1. The summed E-state index contributed by atoms with van der Waals surface area (Å²) in [4.78, 5) is 37.7. The second kappa shape index (κ2) is 7.77. The number of nitrogens with one attached hydrogen (secondary N) is 2. The molecule has 0 heterocycles. The monoisotopic (exact) mass is 307 g/mol. The Hall–Kier alpha value is -2.90. The largest absolute Gasteiger partial charge is 0.386 e. The molecule has 8 nitrogen and oxygen atoms in total. The fourth-order valence-electron chi connectivity index (χ4n) is 1.59. The van der Waals surface area contributed by atoms with E-state index in [1.165, 1.54) is 30.3 Å². The van der Waals surface area contributed by atoms with Gasteiger partial charge in [-0.25, -0.2) is 4.79 Å². The summed E-state index contributed by atoms with van der Waals surface area (Å²) in [5.74, 6) is -1.41. The highest BCUT2D eigenvalue weighted by Gasteiger charge is 2.11. The zero-order chi connectivity index (χ0) is 16.7. The second-order valence-corrected chi connectivity index (χ2v) is 4.78. The molecule has 0 spiro atoms. The average Bonchev–Trinajstić information content (AvgIpc) is 2.43. The predicted octanol–water partition coefficient (Wildman–Crippen LogP) is 1.68. The first-order valence-corrected chi connectivity index (χ1v) is 6.50. The van der Waals surface area contributed by atoms with Crippen molar-refractivity contribution in [3.63, 3.8) is 0 Å². The van der Waals surface area contributed by atoms with E-state index in [0.717, 1.165) is 0 Å². The van der Waals surface area contributed by atoms with Crippen molar-refractivity contribution in [1.82, 2.24) is 10.8 Å². The maximum absolute atomic E-state index is 11.7. The van der Waals surface area contributed by atoms with Crippen molar-refractivity contribution < 1.29 is 19.3 Å². The normalized spacial score (nSPS) is 11.0. The van der Waals surface area contributed by atoms with Crippen LogP contribution in [-0.4, -0.2) is 22.8 Å². The Bertz CT molecular complexity index is 593. The molecule has 0 aromatic heterocycles. The van der Waals surface area contributed by atoms with E-state index in [4.69, 9.17) is 0 Å². The third-order valence-electron chi connectivity index (χ3n) is 2.44. The van der Waals surface area contributed by atoms with Crippen molar-refractivity contribution in [1.29, 1.82) is 0 Å². The summed E-state index contributed by atoms with van der Waals surface area (Å²) in [6.45, 7) is 5.53. The topological polar surface area (TPSA) is 111 Å². The van der Waals surface area contributed by atoms with Gasteiger partial charge in [-0.15, -0.1) is 0 Å². The van der Waals surface area contributed by atoms with Gasteiger partial charge < -0.3 is 10.2 Å². The number of hydrogen-bond donors (Lipinski definition) is 2. The lowest BCUT2D eigenvalue weighted by molar-refractivity contribution is -0.384. The molecular formula is C14H17N3O5. The Labute approximate surface area is 127 Å². The van der Waals surface area contributed by atoms with Crippen molar-refractivity contribution in [3.8, 4) is 0 Å². The molecule has 0 fully saturated rings. The quantitative estimate of drug-likeness (QED) is 0.486. The third-order valence-corrected chi connectivity index (χ3v) is 2.44. The minimum absolute atomic E-state index is 0.133. The number of hydroxylamine groups is 1. The molecule has 0 aliphatic carbocycles. The molecular weight excluding hydrogens is 290 g/mol. The second-order valence-electron chi connectivity index (χ2n) is 4.78. The van der Waals surface area contributed by atoms with Gasteiger partial charge in [0.1, 0.15) is 0 Å². The van der Waals surface area contributed by atoms with Crippen LogP contribution in [0, 0.1) is 10.1 Å². The number of hydrogen-bond acceptors (Lipinski definition) is 6. The molecule has 1 amide bonds. The first-order chi connectivity index (χ1) is 10.3. The highest BCUT2D eigenvalue weighted by atomic mass is 16.7. The van der Waals surface area contributed by atoms with E-state index in [9.17, 15) is 19.7 Å². The van der Waals surface area contributed by atoms with Gasteiger partial charge in [0, 0.05) is 35.5 Å². The van der Waals surface area contributed by atoms with Crippen LogP contribution in [0.4, 0.5) is 5.69 Å². The first-order valence-electron chi connectivity index (χ1n) is 6.50. The molecule has 1 rings (SSSR count). The van der Waals surface area contributed by atoms with Crippen molar-refractivity contribution in [2.75, 3.05) is 0 Å². The number of nitrogens with zero attached hydrogens (tertiary/aromatic N) is 1. The standard InChI is InChI=1S/C14H17N3O5/c1-9(2)15-10(3)8-13(18)22-16-14(19)11-4-6-12(7-5-11)17(20)21/h4-9,15H,1-3H3,(H,16,19). The molecule has 8 heteroatoms. The molecule has 1 aromatic rings. The first kappa shape index (κ1) is 17.2. The fraction of sp³-hybridized carbons (Fsp3) is 0.286. The minimum Gasteiger partial charge on any atom is -0.386 e. The molecule has 0 aliphatic heterocycles. The van der Waals surface area contributed by atoms with Gasteiger partial charge in [0.05, 0.1) is 4.92 Å². The smallest absolute Gasteiger partial charge is 0.357 e. The summed E-state index contributed by atoms with van der Waals surface area (Å²) >= 11 is 0. The summed E-state index contributed by atoms with van der Waals surface area (Å²) in [7, 11) is 0. The third kappa shape index (κ3) is 5.61. The molecule has 0 aliphatic rings. The Kier molecular flexibility index (Phi) is 6.06. The number of nitro benzene ring substituents is 1. The van der Waals surface area contributed by atoms with Crippen molar-refractivity contribution in [3.05, 3.63) is 51.7 Å². The van der Waals surface area contributed by atoms with E-state index < -0.39 is 16.8 Å². The van der Waals surface area contributed by atoms with Crippen molar-refractivity contribution in [2.45, 2.75) is 26.8 Å². The van der Waals surface area contributed by atoms with E-state index in [2.05, 4.69) is 10.2 Å². The van der Waals surface area contributed by atoms with E-state index in [1.54, 1.807) is 6.92 Å². The van der Waals surface area contributed by atoms with Crippen LogP contribution >= 0.6 is 0 Å². The summed E-state index contributed by atoms with van der Waals surface area (Å²) in [5.41, 5.74) is 2.58. The number of allylic oxidation sites excluding steroid dienone is 1. The number of nitro groups is 1. The van der Waals surface area contributed by atoms with Crippen LogP contribution in [0.2, 0.25) is 0 Å². The van der Waals surface area contributed by atoms with Crippen LogP contribution in [0.1, 0.15) is 31.1 Å². The molecule has 0 saturated heterocycles. The van der Waals surface area contributed by atoms with Gasteiger partial charge in [0.15, 0.2) is 0 Å². The van der Waals surface area contributed by atoms with E-state index in [1.807, 2.05) is 19.3 Å². The molecule has 118 valence electrons. The lowest BCUT2D eigenvalue weighted by atomic mass is 10.2. The Balaban J connectivity index is 2.55. The van der Waals surface area contributed by atoms with Crippen LogP contribution in [0.15, 0.2) is 36.0 Å². The van der Waals surface area contributed by atoms with E-state index in [0.29, 0.717) is 5.70 Å². The SMILES string of the molecule is CC(=CC(=O)ONC(=O)c1ccc([N+](=O)[O-])cc1)NC(C)C. The van der Waals surface area contributed by atoms with Crippen LogP contribution in [0.3, 0.4) is 0 Å². The number of non-ortho nitro benzene ring substituents is 1. The molecule has 0 radical (unpaired) electrons. The maximum Gasteiger partial charge on any atom is 0.357 e. The molecule has 0 atom stereocenters. The van der Waals surface area contributed by atoms with Gasteiger partial charge in [0.25, 0.3) is 11.6 Å². The van der Waals surface area contributed by atoms with E-state index >= 15 is 0 Å². The molecule has 0 bridgehead atoms. The zero-order valence-electron chi connectivity index (χ0n) is 12.5. The summed E-state index contributed by atoms with van der Waals surface area (Å²) in [5, 5.41) is 13.5. The summed E-state index contributed by atoms with van der Waals surface area (Å²) in [6.07, 6.45) is 1.20. The zero-order valence-corrected chi connectivity index (χ0v) is 12.5. The number of carbonyl (C=O) groups excluding carboxylic acids is 2.